The highest BCUT2D eigenvalue weighted by molar-refractivity contribution is 5.82. The van der Waals surface area contributed by atoms with Gasteiger partial charge in [-0.3, -0.25) is 4.79 Å². The summed E-state index contributed by atoms with van der Waals surface area (Å²) in [6.07, 6.45) is 1.29. The predicted octanol–water partition coefficient (Wildman–Crippen LogP) is 0.768. The predicted molar refractivity (Wildman–Crippen MR) is 88.2 cm³/mol. The summed E-state index contributed by atoms with van der Waals surface area (Å²) in [7, 11) is 3.57. The van der Waals surface area contributed by atoms with Crippen LogP contribution in [0.4, 0.5) is 4.79 Å². The van der Waals surface area contributed by atoms with Crippen molar-refractivity contribution in [3.8, 4) is 0 Å². The summed E-state index contributed by atoms with van der Waals surface area (Å²) in [6.45, 7) is 7.60. The van der Waals surface area contributed by atoms with Gasteiger partial charge in [-0.05, 0) is 40.7 Å². The fourth-order valence-electron chi connectivity index (χ4n) is 2.60. The van der Waals surface area contributed by atoms with Gasteiger partial charge in [0, 0.05) is 32.7 Å². The average Bonchev–Trinajstić information content (AvgIpc) is 2.45. The monoisotopic (exact) mass is 329 g/mol. The van der Waals surface area contributed by atoms with E-state index in [4.69, 9.17) is 9.84 Å². The Morgan fingerprint density at radius 3 is 2.26 bits per heavy atom. The van der Waals surface area contributed by atoms with E-state index in [2.05, 4.69) is 4.90 Å². The lowest BCUT2D eigenvalue weighted by atomic mass is 10.0. The van der Waals surface area contributed by atoms with Gasteiger partial charge >= 0.3 is 6.09 Å². The van der Waals surface area contributed by atoms with Crippen molar-refractivity contribution in [3.05, 3.63) is 0 Å². The van der Waals surface area contributed by atoms with E-state index in [9.17, 15) is 9.59 Å². The molecule has 1 aliphatic rings. The molecule has 0 spiro atoms. The molecule has 0 saturated carbocycles. The lowest BCUT2D eigenvalue weighted by Crippen LogP contribution is -2.49. The Kier molecular flexibility index (Phi) is 7.28. The van der Waals surface area contributed by atoms with Gasteiger partial charge in [-0.1, -0.05) is 0 Å². The van der Waals surface area contributed by atoms with Crippen molar-refractivity contribution in [1.82, 2.24) is 14.7 Å². The zero-order valence-electron chi connectivity index (χ0n) is 15.0. The first-order valence-corrected chi connectivity index (χ1v) is 8.17. The molecule has 23 heavy (non-hydrogen) atoms. The smallest absolute Gasteiger partial charge is 0.410 e. The van der Waals surface area contributed by atoms with Gasteiger partial charge in [0.1, 0.15) is 12.1 Å². The van der Waals surface area contributed by atoms with Crippen LogP contribution in [0.1, 0.15) is 33.6 Å². The highest BCUT2D eigenvalue weighted by Crippen LogP contribution is 2.16. The maximum Gasteiger partial charge on any atom is 0.410 e. The van der Waals surface area contributed by atoms with Crippen LogP contribution in [0.3, 0.4) is 0 Å². The third kappa shape index (κ3) is 6.74. The zero-order valence-corrected chi connectivity index (χ0v) is 15.0. The second kappa shape index (κ2) is 8.49. The van der Waals surface area contributed by atoms with Crippen LogP contribution in [-0.2, 0) is 9.53 Å². The molecule has 0 bridgehead atoms. The Morgan fingerprint density at radius 2 is 1.78 bits per heavy atom. The quantitative estimate of drug-likeness (QED) is 0.806. The summed E-state index contributed by atoms with van der Waals surface area (Å²) in [4.78, 5) is 29.4. The van der Waals surface area contributed by atoms with Crippen molar-refractivity contribution in [1.29, 1.82) is 0 Å². The largest absolute Gasteiger partial charge is 0.444 e. The van der Waals surface area contributed by atoms with Crippen LogP contribution in [0.15, 0.2) is 0 Å². The number of aliphatic hydroxyl groups is 1. The summed E-state index contributed by atoms with van der Waals surface area (Å²) in [5, 5.41) is 8.98. The molecule has 2 amide bonds. The van der Waals surface area contributed by atoms with E-state index in [0.29, 0.717) is 25.7 Å². The van der Waals surface area contributed by atoms with E-state index in [-0.39, 0.29) is 19.1 Å². The average molecular weight is 329 g/mol. The van der Waals surface area contributed by atoms with Crippen molar-refractivity contribution in [2.24, 2.45) is 0 Å². The van der Waals surface area contributed by atoms with Crippen LogP contribution in [0.2, 0.25) is 0 Å². The van der Waals surface area contributed by atoms with Gasteiger partial charge in [0.05, 0.1) is 6.61 Å². The number of ether oxygens (including phenoxy) is 1. The van der Waals surface area contributed by atoms with Crippen LogP contribution < -0.4 is 0 Å². The van der Waals surface area contributed by atoms with Crippen molar-refractivity contribution >= 4 is 12.0 Å². The molecule has 1 fully saturated rings. The molecule has 0 unspecified atom stereocenters. The normalized spacial score (nSPS) is 16.6. The molecule has 1 heterocycles. The molecule has 0 aromatic carbocycles. The number of nitrogens with zero attached hydrogens (tertiary/aromatic N) is 3. The van der Waals surface area contributed by atoms with Crippen molar-refractivity contribution in [3.63, 3.8) is 0 Å². The highest BCUT2D eigenvalue weighted by atomic mass is 16.6. The molecule has 0 aromatic heterocycles. The third-order valence-corrected chi connectivity index (χ3v) is 3.97. The van der Waals surface area contributed by atoms with E-state index in [1.807, 2.05) is 7.05 Å². The Balaban J connectivity index is 2.41. The molecule has 7 nitrogen and oxygen atoms in total. The molecule has 0 aliphatic carbocycles. The fourth-order valence-corrected chi connectivity index (χ4v) is 2.60. The molecule has 7 heteroatoms. The molecule has 0 radical (unpaired) electrons. The van der Waals surface area contributed by atoms with E-state index >= 15 is 0 Å². The minimum atomic E-state index is -0.565. The number of likely N-dealkylation sites (tertiary alicyclic amines) is 1. The van der Waals surface area contributed by atoms with Gasteiger partial charge in [-0.15, -0.1) is 0 Å². The molecule has 1 saturated heterocycles. The van der Waals surface area contributed by atoms with Crippen LogP contribution in [-0.4, -0.2) is 90.3 Å². The number of aliphatic hydroxyl groups excluding tert-OH is 1. The lowest BCUT2D eigenvalue weighted by Gasteiger charge is -2.37. The van der Waals surface area contributed by atoms with Gasteiger partial charge in [0.25, 0.3) is 0 Å². The Bertz CT molecular complexity index is 401. The van der Waals surface area contributed by atoms with Crippen molar-refractivity contribution in [2.45, 2.75) is 45.3 Å². The van der Waals surface area contributed by atoms with Gasteiger partial charge in [0.15, 0.2) is 0 Å². The third-order valence-electron chi connectivity index (χ3n) is 3.97. The van der Waals surface area contributed by atoms with Crippen LogP contribution in [0, 0.1) is 0 Å². The van der Waals surface area contributed by atoms with E-state index < -0.39 is 11.7 Å². The minimum Gasteiger partial charge on any atom is -0.444 e. The van der Waals surface area contributed by atoms with Crippen LogP contribution in [0.5, 0.6) is 0 Å². The Labute approximate surface area is 139 Å². The van der Waals surface area contributed by atoms with Gasteiger partial charge in [-0.2, -0.15) is 0 Å². The fraction of sp³-hybridized carbons (Fsp3) is 0.875. The van der Waals surface area contributed by atoms with E-state index in [1.54, 1.807) is 32.7 Å². The molecule has 134 valence electrons. The van der Waals surface area contributed by atoms with E-state index in [0.717, 1.165) is 12.8 Å². The lowest BCUT2D eigenvalue weighted by molar-refractivity contribution is -0.133. The van der Waals surface area contributed by atoms with Gasteiger partial charge in [-0.25, -0.2) is 4.79 Å². The topological polar surface area (TPSA) is 73.3 Å². The molecule has 1 N–H and O–H groups in total. The summed E-state index contributed by atoms with van der Waals surface area (Å²) < 4.78 is 5.25. The van der Waals surface area contributed by atoms with Gasteiger partial charge in [0.2, 0.25) is 5.91 Å². The van der Waals surface area contributed by atoms with Crippen molar-refractivity contribution < 1.29 is 19.4 Å². The number of hydrogen-bond donors (Lipinski definition) is 1. The summed E-state index contributed by atoms with van der Waals surface area (Å²) >= 11 is 0. The number of hydrogen-bond acceptors (Lipinski definition) is 5. The second-order valence-corrected chi connectivity index (χ2v) is 7.15. The Morgan fingerprint density at radius 1 is 1.22 bits per heavy atom. The SMILES string of the molecule is CN(CC(=O)N1CCC(N(C)CCO)CC1)C(=O)OC(C)(C)C. The molecule has 1 rings (SSSR count). The molecule has 1 aliphatic heterocycles. The van der Waals surface area contributed by atoms with Crippen LogP contribution >= 0.6 is 0 Å². The second-order valence-electron chi connectivity index (χ2n) is 7.15. The molecular weight excluding hydrogens is 298 g/mol. The number of amides is 2. The first kappa shape index (κ1) is 19.7. The summed E-state index contributed by atoms with van der Waals surface area (Å²) in [5.74, 6) is -0.0541. The van der Waals surface area contributed by atoms with Crippen LogP contribution in [0.25, 0.3) is 0 Å². The molecule has 0 aromatic rings. The Hall–Kier alpha value is -1.34. The highest BCUT2D eigenvalue weighted by Gasteiger charge is 2.27. The standard InChI is InChI=1S/C16H31N3O4/c1-16(2,3)23-15(22)18(5)12-14(21)19-8-6-13(7-9-19)17(4)10-11-20/h13,20H,6-12H2,1-5H3. The number of carbonyl (C=O) groups is 2. The number of rotatable bonds is 5. The minimum absolute atomic E-state index is 0.0338. The number of likely N-dealkylation sites (N-methyl/N-ethyl adjacent to an activating group) is 2. The first-order valence-electron chi connectivity index (χ1n) is 8.17. The van der Waals surface area contributed by atoms with Gasteiger partial charge < -0.3 is 24.5 Å². The summed E-state index contributed by atoms with van der Waals surface area (Å²) in [6, 6.07) is 0.398. The maximum atomic E-state index is 12.3. The maximum absolute atomic E-state index is 12.3. The summed E-state index contributed by atoms with van der Waals surface area (Å²) in [5.41, 5.74) is -0.565. The molecule has 0 atom stereocenters. The first-order chi connectivity index (χ1) is 10.6. The number of carbonyl (C=O) groups excluding carboxylic acids is 2. The number of piperidine rings is 1. The van der Waals surface area contributed by atoms with E-state index in [1.165, 1.54) is 4.90 Å². The zero-order chi connectivity index (χ0) is 17.6. The molecular formula is C16H31N3O4. The van der Waals surface area contributed by atoms with Crippen molar-refractivity contribution in [2.75, 3.05) is 46.9 Å².